The van der Waals surface area contributed by atoms with Crippen molar-refractivity contribution in [3.8, 4) is 5.69 Å². The number of ketones is 1. The fourth-order valence-corrected chi connectivity index (χ4v) is 4.32. The first kappa shape index (κ1) is 23.1. The fraction of sp³-hybridized carbons (Fsp3) is 0.125. The number of rotatable bonds is 5. The SMILES string of the molecule is Cc1ccc(C(F)(F)F)cc1-n1c(SCC(=O)c2ccc(Cl)cc2)nc2ccccc2c1=O. The first-order valence-electron chi connectivity index (χ1n) is 9.77. The topological polar surface area (TPSA) is 52.0 Å². The molecule has 4 aromatic rings. The Morgan fingerprint density at radius 3 is 2.45 bits per heavy atom. The summed E-state index contributed by atoms with van der Waals surface area (Å²) in [4.78, 5) is 30.5. The molecule has 0 atom stereocenters. The second kappa shape index (κ2) is 9.03. The number of carbonyl (C=O) groups excluding carboxylic acids is 1. The van der Waals surface area contributed by atoms with E-state index in [4.69, 9.17) is 11.6 Å². The van der Waals surface area contributed by atoms with Crippen LogP contribution in [0.4, 0.5) is 13.2 Å². The molecular formula is C24H16ClF3N2O2S. The van der Waals surface area contributed by atoms with Crippen LogP contribution in [0.1, 0.15) is 21.5 Å². The quantitative estimate of drug-likeness (QED) is 0.187. The van der Waals surface area contributed by atoms with Gasteiger partial charge in [0.25, 0.3) is 5.56 Å². The molecule has 0 spiro atoms. The molecule has 1 aromatic heterocycles. The van der Waals surface area contributed by atoms with Crippen LogP contribution in [0, 0.1) is 6.92 Å². The van der Waals surface area contributed by atoms with Crippen molar-refractivity contribution in [3.63, 3.8) is 0 Å². The highest BCUT2D eigenvalue weighted by Crippen LogP contribution is 2.32. The molecule has 168 valence electrons. The molecule has 0 amide bonds. The predicted octanol–water partition coefficient (Wildman–Crippen LogP) is 6.34. The van der Waals surface area contributed by atoms with Crippen LogP contribution in [0.5, 0.6) is 0 Å². The van der Waals surface area contributed by atoms with Gasteiger partial charge in [-0.2, -0.15) is 13.2 Å². The molecule has 0 unspecified atom stereocenters. The van der Waals surface area contributed by atoms with Crippen molar-refractivity contribution in [1.29, 1.82) is 0 Å². The van der Waals surface area contributed by atoms with E-state index in [0.29, 0.717) is 21.7 Å². The summed E-state index contributed by atoms with van der Waals surface area (Å²) < 4.78 is 41.3. The van der Waals surface area contributed by atoms with Crippen molar-refractivity contribution in [2.75, 3.05) is 5.75 Å². The lowest BCUT2D eigenvalue weighted by Gasteiger charge is -2.17. The lowest BCUT2D eigenvalue weighted by molar-refractivity contribution is -0.137. The lowest BCUT2D eigenvalue weighted by Crippen LogP contribution is -2.23. The van der Waals surface area contributed by atoms with Gasteiger partial charge in [0.15, 0.2) is 10.9 Å². The molecule has 4 rings (SSSR count). The molecule has 3 aromatic carbocycles. The molecule has 4 nitrogen and oxygen atoms in total. The van der Waals surface area contributed by atoms with Gasteiger partial charge in [0, 0.05) is 10.6 Å². The number of halogens is 4. The lowest BCUT2D eigenvalue weighted by atomic mass is 10.1. The van der Waals surface area contributed by atoms with Crippen LogP contribution in [0.3, 0.4) is 0 Å². The van der Waals surface area contributed by atoms with E-state index in [2.05, 4.69) is 4.98 Å². The number of Topliss-reactive ketones (excluding diaryl/α,β-unsaturated/α-hetero) is 1. The van der Waals surface area contributed by atoms with Crippen LogP contribution in [-0.4, -0.2) is 21.1 Å². The summed E-state index contributed by atoms with van der Waals surface area (Å²) in [6.45, 7) is 1.62. The summed E-state index contributed by atoms with van der Waals surface area (Å²) in [6, 6.07) is 16.1. The molecule has 0 saturated heterocycles. The summed E-state index contributed by atoms with van der Waals surface area (Å²) in [6.07, 6.45) is -4.58. The smallest absolute Gasteiger partial charge is 0.293 e. The van der Waals surface area contributed by atoms with Crippen LogP contribution in [0.25, 0.3) is 16.6 Å². The molecule has 0 bridgehead atoms. The van der Waals surface area contributed by atoms with E-state index in [1.807, 2.05) is 0 Å². The number of aryl methyl sites for hydroxylation is 1. The second-order valence-electron chi connectivity index (χ2n) is 7.27. The molecular weight excluding hydrogens is 473 g/mol. The van der Waals surface area contributed by atoms with Crippen molar-refractivity contribution < 1.29 is 18.0 Å². The van der Waals surface area contributed by atoms with E-state index < -0.39 is 17.3 Å². The molecule has 0 radical (unpaired) electrons. The number of aromatic nitrogens is 2. The van der Waals surface area contributed by atoms with Crippen molar-refractivity contribution in [2.24, 2.45) is 0 Å². The zero-order chi connectivity index (χ0) is 23.8. The third-order valence-electron chi connectivity index (χ3n) is 5.02. The summed E-state index contributed by atoms with van der Waals surface area (Å²) in [5.41, 5.74) is -0.0370. The van der Waals surface area contributed by atoms with E-state index in [1.165, 1.54) is 6.07 Å². The van der Waals surface area contributed by atoms with Gasteiger partial charge in [0.2, 0.25) is 0 Å². The number of carbonyl (C=O) groups is 1. The van der Waals surface area contributed by atoms with Crippen LogP contribution in [0.15, 0.2) is 76.7 Å². The minimum absolute atomic E-state index is 0.0644. The maximum absolute atomic E-state index is 13.4. The summed E-state index contributed by atoms with van der Waals surface area (Å²) in [5, 5.41) is 0.885. The minimum Gasteiger partial charge on any atom is -0.293 e. The molecule has 33 heavy (non-hydrogen) atoms. The van der Waals surface area contributed by atoms with Gasteiger partial charge in [-0.1, -0.05) is 41.6 Å². The monoisotopic (exact) mass is 488 g/mol. The summed E-state index contributed by atoms with van der Waals surface area (Å²) >= 11 is 6.85. The Morgan fingerprint density at radius 2 is 1.76 bits per heavy atom. The van der Waals surface area contributed by atoms with Gasteiger partial charge in [-0.25, -0.2) is 4.98 Å². The standard InChI is InChI=1S/C24H16ClF3N2O2S/c1-14-6-9-16(24(26,27)28)12-20(14)30-22(32)18-4-2-3-5-19(18)29-23(30)33-13-21(31)15-7-10-17(25)11-8-15/h2-12H,13H2,1H3. The molecule has 1 heterocycles. The normalized spacial score (nSPS) is 11.7. The average molecular weight is 489 g/mol. The number of thioether (sulfide) groups is 1. The van der Waals surface area contributed by atoms with Crippen molar-refractivity contribution >= 4 is 40.0 Å². The number of nitrogens with zero attached hydrogens (tertiary/aromatic N) is 2. The Hall–Kier alpha value is -3.10. The van der Waals surface area contributed by atoms with Gasteiger partial charge >= 0.3 is 6.18 Å². The molecule has 0 N–H and O–H groups in total. The van der Waals surface area contributed by atoms with Gasteiger partial charge < -0.3 is 0 Å². The Balaban J connectivity index is 1.83. The third-order valence-corrected chi connectivity index (χ3v) is 6.21. The van der Waals surface area contributed by atoms with E-state index >= 15 is 0 Å². The molecule has 0 aliphatic heterocycles. The van der Waals surface area contributed by atoms with Crippen LogP contribution < -0.4 is 5.56 Å². The Labute approximate surface area is 196 Å². The van der Waals surface area contributed by atoms with Gasteiger partial charge in [0.05, 0.1) is 27.9 Å². The minimum atomic E-state index is -4.58. The molecule has 0 aliphatic rings. The number of para-hydroxylation sites is 1. The average Bonchev–Trinajstić information content (AvgIpc) is 2.78. The molecule has 0 saturated carbocycles. The summed E-state index contributed by atoms with van der Waals surface area (Å²) in [7, 11) is 0. The van der Waals surface area contributed by atoms with Crippen molar-refractivity contribution in [1.82, 2.24) is 9.55 Å². The Bertz CT molecular complexity index is 1420. The van der Waals surface area contributed by atoms with Gasteiger partial charge in [0.1, 0.15) is 0 Å². The van der Waals surface area contributed by atoms with Crippen LogP contribution in [0.2, 0.25) is 5.02 Å². The first-order chi connectivity index (χ1) is 15.6. The van der Waals surface area contributed by atoms with Crippen molar-refractivity contribution in [3.05, 3.63) is 98.8 Å². The molecule has 0 aliphatic carbocycles. The molecule has 9 heteroatoms. The second-order valence-corrected chi connectivity index (χ2v) is 8.65. The largest absolute Gasteiger partial charge is 0.416 e. The zero-order valence-electron chi connectivity index (χ0n) is 17.2. The van der Waals surface area contributed by atoms with Gasteiger partial charge in [-0.3, -0.25) is 14.2 Å². The fourth-order valence-electron chi connectivity index (χ4n) is 3.30. The highest BCUT2D eigenvalue weighted by molar-refractivity contribution is 7.99. The zero-order valence-corrected chi connectivity index (χ0v) is 18.8. The number of hydrogen-bond donors (Lipinski definition) is 0. The highest BCUT2D eigenvalue weighted by Gasteiger charge is 2.31. The van der Waals surface area contributed by atoms with Crippen LogP contribution in [-0.2, 0) is 6.18 Å². The van der Waals surface area contributed by atoms with E-state index in [0.717, 1.165) is 28.5 Å². The third kappa shape index (κ3) is 4.82. The highest BCUT2D eigenvalue weighted by atomic mass is 35.5. The Morgan fingerprint density at radius 1 is 1.06 bits per heavy atom. The number of fused-ring (bicyclic) bond motifs is 1. The predicted molar refractivity (Wildman–Crippen MR) is 124 cm³/mol. The van der Waals surface area contributed by atoms with Crippen LogP contribution >= 0.6 is 23.4 Å². The number of hydrogen-bond acceptors (Lipinski definition) is 4. The van der Waals surface area contributed by atoms with E-state index in [-0.39, 0.29) is 27.8 Å². The van der Waals surface area contributed by atoms with Gasteiger partial charge in [-0.05, 0) is 61.0 Å². The van der Waals surface area contributed by atoms with Crippen molar-refractivity contribution in [2.45, 2.75) is 18.3 Å². The van der Waals surface area contributed by atoms with Gasteiger partial charge in [-0.15, -0.1) is 0 Å². The first-order valence-corrected chi connectivity index (χ1v) is 11.1. The Kier molecular flexibility index (Phi) is 6.32. The summed E-state index contributed by atoms with van der Waals surface area (Å²) in [5.74, 6) is -0.295. The molecule has 0 fully saturated rings. The maximum atomic E-state index is 13.4. The van der Waals surface area contributed by atoms with E-state index in [1.54, 1.807) is 55.5 Å². The maximum Gasteiger partial charge on any atom is 0.416 e. The number of benzene rings is 3. The number of alkyl halides is 3. The van der Waals surface area contributed by atoms with E-state index in [9.17, 15) is 22.8 Å².